The van der Waals surface area contributed by atoms with Crippen LogP contribution in [0.2, 0.25) is 0 Å². The second-order valence-corrected chi connectivity index (χ2v) is 8.89. The molecule has 0 bridgehead atoms. The third-order valence-electron chi connectivity index (χ3n) is 4.54. The number of amides is 1. The summed E-state index contributed by atoms with van der Waals surface area (Å²) in [6, 6.07) is 12.0. The second kappa shape index (κ2) is 7.99. The molecule has 6 nitrogen and oxygen atoms in total. The van der Waals surface area contributed by atoms with Crippen LogP contribution in [0.25, 0.3) is 21.8 Å². The Morgan fingerprint density at radius 1 is 1.17 bits per heavy atom. The van der Waals surface area contributed by atoms with Gasteiger partial charge < -0.3 is 4.74 Å². The molecule has 1 aromatic carbocycles. The van der Waals surface area contributed by atoms with E-state index in [-0.39, 0.29) is 0 Å². The summed E-state index contributed by atoms with van der Waals surface area (Å²) in [5.74, 6) is 0. The van der Waals surface area contributed by atoms with Crippen LogP contribution in [0.1, 0.15) is 26.3 Å². The van der Waals surface area contributed by atoms with Gasteiger partial charge in [0.05, 0.1) is 17.3 Å². The van der Waals surface area contributed by atoms with E-state index in [1.54, 1.807) is 12.4 Å². The summed E-state index contributed by atoms with van der Waals surface area (Å²) >= 11 is 3.58. The molecule has 3 aromatic heterocycles. The number of anilines is 1. The van der Waals surface area contributed by atoms with Gasteiger partial charge in [-0.1, -0.05) is 12.1 Å². The van der Waals surface area contributed by atoms with Gasteiger partial charge in [-0.3, -0.25) is 10.3 Å². The van der Waals surface area contributed by atoms with Gasteiger partial charge in [0.2, 0.25) is 0 Å². The number of hydrogen-bond acceptors (Lipinski definition) is 4. The molecule has 152 valence electrons. The molecule has 4 aromatic rings. The van der Waals surface area contributed by atoms with Crippen molar-refractivity contribution in [1.82, 2.24) is 9.97 Å². The zero-order chi connectivity index (χ0) is 21.3. The number of halogens is 1. The Kier molecular flexibility index (Phi) is 5.39. The molecule has 7 heteroatoms. The fourth-order valence-corrected chi connectivity index (χ4v) is 3.74. The van der Waals surface area contributed by atoms with Gasteiger partial charge in [-0.25, -0.2) is 9.36 Å². The van der Waals surface area contributed by atoms with E-state index in [1.807, 2.05) is 51.4 Å². The molecular formula is C23H22BrN4O2+. The molecule has 0 aliphatic rings. The van der Waals surface area contributed by atoms with E-state index in [0.29, 0.717) is 12.2 Å². The standard InChI is InChI=1S/C23H21BrN4O2/c1-23(2,3)30-22(29)27-20-8-10-28(21-17(20)5-4-9-26-21)14-15-6-7-16-12-25-13-19(24)18(16)11-15/h4-13H,14H2,1-3H3/p+1. The second-order valence-electron chi connectivity index (χ2n) is 8.04. The summed E-state index contributed by atoms with van der Waals surface area (Å²) in [6.07, 6.45) is 6.84. The Bertz CT molecular complexity index is 1250. The lowest BCUT2D eigenvalue weighted by molar-refractivity contribution is -0.664. The summed E-state index contributed by atoms with van der Waals surface area (Å²) in [5.41, 5.74) is 2.02. The third kappa shape index (κ3) is 4.41. The molecule has 4 rings (SSSR count). The summed E-state index contributed by atoms with van der Waals surface area (Å²) < 4.78 is 8.41. The van der Waals surface area contributed by atoms with E-state index in [2.05, 4.69) is 54.0 Å². The summed E-state index contributed by atoms with van der Waals surface area (Å²) in [7, 11) is 0. The Hall–Kier alpha value is -3.06. The number of ether oxygens (including phenoxy) is 1. The van der Waals surface area contributed by atoms with Crippen LogP contribution in [0, 0.1) is 0 Å². The Morgan fingerprint density at radius 2 is 2.00 bits per heavy atom. The minimum atomic E-state index is -0.563. The lowest BCUT2D eigenvalue weighted by Gasteiger charge is -2.19. The highest BCUT2D eigenvalue weighted by Crippen LogP contribution is 2.24. The smallest absolute Gasteiger partial charge is 0.412 e. The normalized spacial score (nSPS) is 11.6. The van der Waals surface area contributed by atoms with Crippen molar-refractivity contribution >= 4 is 49.5 Å². The molecule has 0 saturated heterocycles. The van der Waals surface area contributed by atoms with E-state index in [4.69, 9.17) is 4.74 Å². The quantitative estimate of drug-likeness (QED) is 0.420. The van der Waals surface area contributed by atoms with Crippen molar-refractivity contribution in [2.24, 2.45) is 0 Å². The first kappa shape index (κ1) is 20.2. The summed E-state index contributed by atoms with van der Waals surface area (Å²) in [4.78, 5) is 21.0. The average molecular weight is 466 g/mol. The number of aromatic nitrogens is 3. The summed E-state index contributed by atoms with van der Waals surface area (Å²) in [5, 5.41) is 5.88. The maximum absolute atomic E-state index is 12.2. The number of carbonyl (C=O) groups is 1. The van der Waals surface area contributed by atoms with Gasteiger partial charge in [0, 0.05) is 28.3 Å². The zero-order valence-electron chi connectivity index (χ0n) is 17.0. The van der Waals surface area contributed by atoms with Crippen molar-refractivity contribution in [2.75, 3.05) is 5.32 Å². The molecule has 3 heterocycles. The Morgan fingerprint density at radius 3 is 2.80 bits per heavy atom. The Labute approximate surface area is 183 Å². The topological polar surface area (TPSA) is 68.0 Å². The Balaban J connectivity index is 1.68. The fraction of sp³-hybridized carbons (Fsp3) is 0.217. The summed E-state index contributed by atoms with van der Waals surface area (Å²) in [6.45, 7) is 6.15. The fourth-order valence-electron chi connectivity index (χ4n) is 3.28. The first-order chi connectivity index (χ1) is 14.3. The van der Waals surface area contributed by atoms with E-state index >= 15 is 0 Å². The molecule has 1 N–H and O–H groups in total. The first-order valence-corrected chi connectivity index (χ1v) is 10.4. The molecular weight excluding hydrogens is 444 g/mol. The SMILES string of the molecule is CC(C)(C)OC(=O)Nc1cc[n+](Cc2ccc3cncc(Br)c3c2)c2ncccc12. The van der Waals surface area contributed by atoms with Gasteiger partial charge in [-0.2, -0.15) is 0 Å². The van der Waals surface area contributed by atoms with Crippen molar-refractivity contribution in [2.45, 2.75) is 32.9 Å². The van der Waals surface area contributed by atoms with Gasteiger partial charge in [-0.15, -0.1) is 0 Å². The van der Waals surface area contributed by atoms with E-state index in [1.165, 1.54) is 0 Å². The van der Waals surface area contributed by atoms with Crippen molar-refractivity contribution in [3.8, 4) is 0 Å². The van der Waals surface area contributed by atoms with Crippen molar-refractivity contribution in [1.29, 1.82) is 0 Å². The molecule has 0 unspecified atom stereocenters. The number of rotatable bonds is 3. The predicted octanol–water partition coefficient (Wildman–Crippen LogP) is 5.23. The maximum Gasteiger partial charge on any atom is 0.412 e. The first-order valence-electron chi connectivity index (χ1n) is 9.59. The maximum atomic E-state index is 12.2. The molecule has 0 aliphatic carbocycles. The van der Waals surface area contributed by atoms with Crippen molar-refractivity contribution in [3.63, 3.8) is 0 Å². The zero-order valence-corrected chi connectivity index (χ0v) is 18.6. The van der Waals surface area contributed by atoms with Gasteiger partial charge >= 0.3 is 11.7 Å². The monoisotopic (exact) mass is 465 g/mol. The minimum absolute atomic E-state index is 0.488. The molecule has 0 aliphatic heterocycles. The van der Waals surface area contributed by atoms with Crippen LogP contribution < -0.4 is 9.88 Å². The van der Waals surface area contributed by atoms with Crippen molar-refractivity contribution in [3.05, 3.63) is 71.2 Å². The van der Waals surface area contributed by atoms with Crippen LogP contribution in [0.3, 0.4) is 0 Å². The molecule has 0 fully saturated rings. The predicted molar refractivity (Wildman–Crippen MR) is 120 cm³/mol. The minimum Gasteiger partial charge on any atom is -0.444 e. The van der Waals surface area contributed by atoms with Crippen molar-refractivity contribution < 1.29 is 14.1 Å². The molecule has 1 amide bonds. The lowest BCUT2D eigenvalue weighted by Crippen LogP contribution is -2.36. The molecule has 0 spiro atoms. The number of pyridine rings is 3. The van der Waals surface area contributed by atoms with Crippen LogP contribution in [-0.4, -0.2) is 21.7 Å². The molecule has 30 heavy (non-hydrogen) atoms. The highest BCUT2D eigenvalue weighted by atomic mass is 79.9. The van der Waals surface area contributed by atoms with Gasteiger partial charge in [0.15, 0.2) is 0 Å². The van der Waals surface area contributed by atoms with Gasteiger partial charge in [-0.05, 0) is 70.8 Å². The number of nitrogens with one attached hydrogen (secondary N) is 1. The number of benzene rings is 1. The highest BCUT2D eigenvalue weighted by molar-refractivity contribution is 9.10. The average Bonchev–Trinajstić information content (AvgIpc) is 2.69. The van der Waals surface area contributed by atoms with Gasteiger partial charge in [0.25, 0.3) is 0 Å². The van der Waals surface area contributed by atoms with Crippen LogP contribution in [-0.2, 0) is 11.3 Å². The molecule has 0 atom stereocenters. The number of hydrogen-bond donors (Lipinski definition) is 1. The van der Waals surface area contributed by atoms with Crippen LogP contribution >= 0.6 is 15.9 Å². The van der Waals surface area contributed by atoms with Gasteiger partial charge in [0.1, 0.15) is 18.3 Å². The molecule has 0 radical (unpaired) electrons. The van der Waals surface area contributed by atoms with E-state index in [0.717, 1.165) is 31.8 Å². The largest absolute Gasteiger partial charge is 0.444 e. The number of nitrogens with zero attached hydrogens (tertiary/aromatic N) is 3. The highest BCUT2D eigenvalue weighted by Gasteiger charge is 2.19. The van der Waals surface area contributed by atoms with Crippen LogP contribution in [0.4, 0.5) is 10.5 Å². The third-order valence-corrected chi connectivity index (χ3v) is 5.17. The number of carbonyl (C=O) groups excluding carboxylic acids is 1. The lowest BCUT2D eigenvalue weighted by atomic mass is 10.1. The van der Waals surface area contributed by atoms with E-state index in [9.17, 15) is 4.79 Å². The van der Waals surface area contributed by atoms with E-state index < -0.39 is 11.7 Å². The van der Waals surface area contributed by atoms with Crippen LogP contribution in [0.5, 0.6) is 0 Å². The number of fused-ring (bicyclic) bond motifs is 2. The van der Waals surface area contributed by atoms with Crippen LogP contribution in [0.15, 0.2) is 65.7 Å². The molecule has 0 saturated carbocycles.